The summed E-state index contributed by atoms with van der Waals surface area (Å²) < 4.78 is 2.32. The van der Waals surface area contributed by atoms with Crippen LogP contribution < -0.4 is 5.73 Å². The van der Waals surface area contributed by atoms with Crippen molar-refractivity contribution in [2.24, 2.45) is 0 Å². The molecule has 2 aromatic heterocycles. The summed E-state index contributed by atoms with van der Waals surface area (Å²) in [5, 5.41) is 13.6. The Bertz CT molecular complexity index is 800. The highest BCUT2D eigenvalue weighted by molar-refractivity contribution is 9.10. The fraction of sp³-hybridized carbons (Fsp3) is 0. The number of pyridine rings is 1. The molecule has 0 aliphatic heterocycles. The van der Waals surface area contributed by atoms with Crippen molar-refractivity contribution in [2.45, 2.75) is 0 Å². The van der Waals surface area contributed by atoms with Crippen LogP contribution in [0.3, 0.4) is 0 Å². The van der Waals surface area contributed by atoms with Crippen LogP contribution in [0.5, 0.6) is 0 Å². The number of benzene rings is 1. The fourth-order valence-corrected chi connectivity index (χ4v) is 2.57. The van der Waals surface area contributed by atoms with Crippen molar-refractivity contribution in [3.8, 4) is 17.2 Å². The van der Waals surface area contributed by atoms with E-state index in [4.69, 9.17) is 5.73 Å². The smallest absolute Gasteiger partial charge is 0.126 e. The van der Waals surface area contributed by atoms with E-state index in [1.165, 1.54) is 0 Å². The zero-order valence-corrected chi connectivity index (χ0v) is 11.4. The van der Waals surface area contributed by atoms with Crippen LogP contribution in [0, 0.1) is 11.3 Å². The first-order valence-electron chi connectivity index (χ1n) is 5.63. The minimum Gasteiger partial charge on any atom is -0.384 e. The molecule has 5 heteroatoms. The Hall–Kier alpha value is -2.32. The average molecular weight is 313 g/mol. The highest BCUT2D eigenvalue weighted by atomic mass is 79.9. The first kappa shape index (κ1) is 11.8. The normalized spacial score (nSPS) is 10.5. The fourth-order valence-electron chi connectivity index (χ4n) is 2.12. The first-order valence-corrected chi connectivity index (χ1v) is 6.43. The average Bonchev–Trinajstić information content (AvgIpc) is 2.83. The van der Waals surface area contributed by atoms with Crippen molar-refractivity contribution in [3.05, 3.63) is 52.6 Å². The summed E-state index contributed by atoms with van der Waals surface area (Å²) in [5.41, 5.74) is 9.03. The van der Waals surface area contributed by atoms with Gasteiger partial charge in [0.15, 0.2) is 0 Å². The molecule has 0 amide bonds. The lowest BCUT2D eigenvalue weighted by Gasteiger charge is -2.09. The van der Waals surface area contributed by atoms with E-state index in [0.717, 1.165) is 15.6 Å². The van der Waals surface area contributed by atoms with Crippen LogP contribution >= 0.6 is 15.9 Å². The summed E-state index contributed by atoms with van der Waals surface area (Å²) in [6.07, 6.45) is 1.64. The van der Waals surface area contributed by atoms with Crippen LogP contribution in [-0.4, -0.2) is 9.61 Å². The minimum absolute atomic E-state index is 0.499. The van der Waals surface area contributed by atoms with Gasteiger partial charge in [-0.3, -0.25) is 0 Å². The molecule has 2 heterocycles. The van der Waals surface area contributed by atoms with Crippen LogP contribution in [-0.2, 0) is 0 Å². The quantitative estimate of drug-likeness (QED) is 0.750. The number of anilines is 1. The Kier molecular flexibility index (Phi) is 2.73. The lowest BCUT2D eigenvalue weighted by Crippen LogP contribution is -2.01. The van der Waals surface area contributed by atoms with Crippen molar-refractivity contribution in [2.75, 3.05) is 5.73 Å². The Morgan fingerprint density at radius 3 is 2.68 bits per heavy atom. The van der Waals surface area contributed by atoms with Crippen molar-refractivity contribution in [3.63, 3.8) is 0 Å². The van der Waals surface area contributed by atoms with Crippen molar-refractivity contribution in [1.29, 1.82) is 5.26 Å². The van der Waals surface area contributed by atoms with Crippen LogP contribution in [0.15, 0.2) is 47.1 Å². The number of nitrogens with two attached hydrogens (primary N) is 1. The number of fused-ring (bicyclic) bond motifs is 1. The molecule has 4 nitrogen and oxygen atoms in total. The second kappa shape index (κ2) is 4.41. The summed E-state index contributed by atoms with van der Waals surface area (Å²) in [6, 6.07) is 13.7. The molecule has 2 N–H and O–H groups in total. The van der Waals surface area contributed by atoms with Gasteiger partial charge in [0, 0.05) is 5.56 Å². The molecule has 0 unspecified atom stereocenters. The molecule has 0 bridgehead atoms. The monoisotopic (exact) mass is 312 g/mol. The van der Waals surface area contributed by atoms with Crippen molar-refractivity contribution in [1.82, 2.24) is 9.61 Å². The topological polar surface area (TPSA) is 67.1 Å². The molecule has 0 spiro atoms. The number of nitrogens with zero attached hydrogens (tertiary/aromatic N) is 3. The third kappa shape index (κ3) is 1.77. The van der Waals surface area contributed by atoms with Crippen LogP contribution in [0.25, 0.3) is 16.6 Å². The van der Waals surface area contributed by atoms with Crippen LogP contribution in [0.4, 0.5) is 5.82 Å². The van der Waals surface area contributed by atoms with Gasteiger partial charge in [0.2, 0.25) is 0 Å². The van der Waals surface area contributed by atoms with Crippen LogP contribution in [0.1, 0.15) is 5.56 Å². The van der Waals surface area contributed by atoms with Gasteiger partial charge in [0.1, 0.15) is 17.4 Å². The van der Waals surface area contributed by atoms with E-state index in [-0.39, 0.29) is 0 Å². The summed E-state index contributed by atoms with van der Waals surface area (Å²) in [6.45, 7) is 0. The third-order valence-corrected chi connectivity index (χ3v) is 3.54. The maximum atomic E-state index is 9.46. The highest BCUT2D eigenvalue weighted by Gasteiger charge is 2.15. The molecule has 0 saturated carbocycles. The van der Waals surface area contributed by atoms with E-state index in [2.05, 4.69) is 27.1 Å². The molecule has 0 aliphatic rings. The Labute approximate surface area is 118 Å². The van der Waals surface area contributed by atoms with Crippen molar-refractivity contribution >= 4 is 27.3 Å². The number of halogens is 1. The van der Waals surface area contributed by atoms with Gasteiger partial charge in [-0.25, -0.2) is 4.52 Å². The molecule has 0 fully saturated rings. The van der Waals surface area contributed by atoms with Gasteiger partial charge in [0.25, 0.3) is 0 Å². The van der Waals surface area contributed by atoms with E-state index in [9.17, 15) is 5.26 Å². The Balaban J connectivity index is 2.44. The summed E-state index contributed by atoms with van der Waals surface area (Å²) in [7, 11) is 0. The largest absolute Gasteiger partial charge is 0.384 e. The second-order valence-corrected chi connectivity index (χ2v) is 4.94. The lowest BCUT2D eigenvalue weighted by atomic mass is 10.0. The molecule has 0 saturated heterocycles. The van der Waals surface area contributed by atoms with Gasteiger partial charge in [-0.2, -0.15) is 10.4 Å². The van der Waals surface area contributed by atoms with E-state index < -0.39 is 0 Å². The highest BCUT2D eigenvalue weighted by Crippen LogP contribution is 2.32. The van der Waals surface area contributed by atoms with E-state index in [1.807, 2.05) is 30.3 Å². The SMILES string of the molecule is N#Cc1c(-c2ccccc2)cc(N)n2ncc(Br)c12. The number of aromatic nitrogens is 2. The molecule has 3 aromatic rings. The predicted molar refractivity (Wildman–Crippen MR) is 77.5 cm³/mol. The molecule has 19 heavy (non-hydrogen) atoms. The van der Waals surface area contributed by atoms with Gasteiger partial charge in [-0.1, -0.05) is 30.3 Å². The van der Waals surface area contributed by atoms with E-state index in [0.29, 0.717) is 16.9 Å². The maximum absolute atomic E-state index is 9.46. The van der Waals surface area contributed by atoms with Gasteiger partial charge < -0.3 is 5.73 Å². The standard InChI is InChI=1S/C14H9BrN4/c15-12-8-18-19-13(17)6-10(11(7-16)14(12)19)9-4-2-1-3-5-9/h1-6,8H,17H2. The predicted octanol–water partition coefficient (Wildman–Crippen LogP) is 3.22. The first-order chi connectivity index (χ1) is 9.22. The molecular weight excluding hydrogens is 304 g/mol. The number of rotatable bonds is 1. The molecule has 0 radical (unpaired) electrons. The Morgan fingerprint density at radius 2 is 2.00 bits per heavy atom. The molecule has 0 atom stereocenters. The van der Waals surface area contributed by atoms with Gasteiger partial charge in [0.05, 0.1) is 16.2 Å². The number of nitrogen functional groups attached to an aromatic ring is 1. The van der Waals surface area contributed by atoms with Crippen LogP contribution in [0.2, 0.25) is 0 Å². The molecule has 3 rings (SSSR count). The second-order valence-electron chi connectivity index (χ2n) is 4.09. The maximum Gasteiger partial charge on any atom is 0.126 e. The summed E-state index contributed by atoms with van der Waals surface area (Å²) in [5.74, 6) is 0.499. The number of nitriles is 1. The molecule has 92 valence electrons. The Morgan fingerprint density at radius 1 is 1.26 bits per heavy atom. The third-order valence-electron chi connectivity index (χ3n) is 2.96. The zero-order valence-electron chi connectivity index (χ0n) is 9.84. The number of hydrogen-bond acceptors (Lipinski definition) is 3. The minimum atomic E-state index is 0.499. The van der Waals surface area contributed by atoms with E-state index in [1.54, 1.807) is 16.8 Å². The van der Waals surface area contributed by atoms with Gasteiger partial charge in [-0.15, -0.1) is 0 Å². The number of hydrogen-bond donors (Lipinski definition) is 1. The molecule has 0 aliphatic carbocycles. The van der Waals surface area contributed by atoms with E-state index >= 15 is 0 Å². The lowest BCUT2D eigenvalue weighted by molar-refractivity contribution is 0.972. The molecular formula is C14H9BrN4. The summed E-state index contributed by atoms with van der Waals surface area (Å²) in [4.78, 5) is 0. The summed E-state index contributed by atoms with van der Waals surface area (Å²) >= 11 is 3.41. The molecule has 1 aromatic carbocycles. The van der Waals surface area contributed by atoms with Crippen molar-refractivity contribution < 1.29 is 0 Å². The zero-order chi connectivity index (χ0) is 13.4. The van der Waals surface area contributed by atoms with Gasteiger partial charge in [-0.05, 0) is 27.6 Å². The van der Waals surface area contributed by atoms with Gasteiger partial charge >= 0.3 is 0 Å².